The predicted molar refractivity (Wildman–Crippen MR) is 95.4 cm³/mol. The second-order valence-electron chi connectivity index (χ2n) is 4.18. The van der Waals surface area contributed by atoms with Crippen LogP contribution in [0.1, 0.15) is 0 Å². The molecule has 0 bridgehead atoms. The van der Waals surface area contributed by atoms with E-state index in [0.717, 1.165) is 15.4 Å². The average molecular weight is 377 g/mol. The number of aromatic nitrogens is 1. The number of nitrogens with zero attached hydrogens (tertiary/aromatic N) is 2. The van der Waals surface area contributed by atoms with Crippen LogP contribution in [-0.4, -0.2) is 15.2 Å². The summed E-state index contributed by atoms with van der Waals surface area (Å²) in [5.41, 5.74) is 6.28. The van der Waals surface area contributed by atoms with Gasteiger partial charge in [0.2, 0.25) is 11.0 Å². The van der Waals surface area contributed by atoms with E-state index in [9.17, 15) is 5.11 Å². The number of thiocarbonyl (C=S) groups is 1. The molecule has 0 aliphatic carbocycles. The predicted octanol–water partition coefficient (Wildman–Crippen LogP) is 4.65. The van der Waals surface area contributed by atoms with E-state index >= 15 is 0 Å². The number of fused-ring (bicyclic) bond motifs is 1. The molecule has 7 heteroatoms. The first-order valence-corrected chi connectivity index (χ1v) is 7.50. The molecule has 0 saturated carbocycles. The monoisotopic (exact) mass is 376 g/mol. The summed E-state index contributed by atoms with van der Waals surface area (Å²) in [5.74, 6) is -0.0677. The topological polar surface area (TPSA) is 86.8 Å². The van der Waals surface area contributed by atoms with E-state index in [1.165, 1.54) is 0 Å². The zero-order valence-electron chi connectivity index (χ0n) is 11.4. The molecule has 112 valence electrons. The highest BCUT2D eigenvalue weighted by Crippen LogP contribution is 2.39. The van der Waals surface area contributed by atoms with E-state index < -0.39 is 0 Å². The highest BCUT2D eigenvalue weighted by Gasteiger charge is 2.12. The highest BCUT2D eigenvalue weighted by atomic mass is 79.9. The maximum atomic E-state index is 9.66. The Kier molecular flexibility index (Phi) is 5.62. The zero-order valence-corrected chi connectivity index (χ0v) is 13.8. The number of benzene rings is 2. The second-order valence-corrected chi connectivity index (χ2v) is 5.45. The minimum atomic E-state index is -0.0826. The molecule has 0 saturated heterocycles. The molecule has 0 unspecified atom stereocenters. The van der Waals surface area contributed by atoms with Gasteiger partial charge in [0.15, 0.2) is 5.69 Å². The molecule has 0 aliphatic rings. The molecule has 0 atom stereocenters. The molecule has 0 spiro atoms. The summed E-state index contributed by atoms with van der Waals surface area (Å²) in [5, 5.41) is 17.7. The Labute approximate surface area is 141 Å². The summed E-state index contributed by atoms with van der Waals surface area (Å²) in [6, 6.07) is 17.5. The van der Waals surface area contributed by atoms with E-state index in [0.29, 0.717) is 5.69 Å². The van der Waals surface area contributed by atoms with Crippen molar-refractivity contribution in [2.75, 3.05) is 0 Å². The van der Waals surface area contributed by atoms with Gasteiger partial charge in [-0.2, -0.15) is 0 Å². The smallest absolute Gasteiger partial charge is 0.218 e. The van der Waals surface area contributed by atoms with Crippen LogP contribution in [0.25, 0.3) is 10.9 Å². The molecule has 2 aromatic carbocycles. The van der Waals surface area contributed by atoms with Crippen LogP contribution >= 0.6 is 28.1 Å². The molecule has 0 amide bonds. The number of H-pyrrole nitrogens is 1. The fraction of sp³-hybridized carbons (Fsp3) is 0. The summed E-state index contributed by atoms with van der Waals surface area (Å²) in [7, 11) is 0. The number of rotatable bonds is 1. The van der Waals surface area contributed by atoms with Crippen molar-refractivity contribution < 1.29 is 5.11 Å². The first-order valence-electron chi connectivity index (χ1n) is 6.30. The third-order valence-electron chi connectivity index (χ3n) is 2.64. The third kappa shape index (κ3) is 4.12. The SMILES string of the molecule is NC(=S)N=Nc1c(O)[nH]c2cccc(Br)c12.c1ccccc1. The minimum Gasteiger partial charge on any atom is -0.493 e. The summed E-state index contributed by atoms with van der Waals surface area (Å²) in [4.78, 5) is 2.78. The number of hydrogen-bond acceptors (Lipinski definition) is 3. The van der Waals surface area contributed by atoms with Crippen LogP contribution in [0.2, 0.25) is 0 Å². The second kappa shape index (κ2) is 7.67. The molecule has 1 aromatic heterocycles. The molecule has 0 radical (unpaired) electrons. The van der Waals surface area contributed by atoms with Crippen molar-refractivity contribution in [3.8, 4) is 5.88 Å². The van der Waals surface area contributed by atoms with Gasteiger partial charge in [-0.1, -0.05) is 58.4 Å². The van der Waals surface area contributed by atoms with Crippen molar-refractivity contribution in [2.45, 2.75) is 0 Å². The molecular formula is C15H13BrN4OS. The lowest BCUT2D eigenvalue weighted by molar-refractivity contribution is 0.459. The maximum absolute atomic E-state index is 9.66. The van der Waals surface area contributed by atoms with Crippen LogP contribution in [0, 0.1) is 0 Å². The standard InChI is InChI=1S/C9H7BrN4OS.C6H6/c10-4-2-1-3-5-6(4)7(8(15)12-5)13-14-9(11)16;1-2-4-6-5-3-1/h1-3,12,15H,(H2,11,16);1-6H. The normalized spacial score (nSPS) is 10.4. The number of aromatic amines is 1. The van der Waals surface area contributed by atoms with Gasteiger partial charge in [0, 0.05) is 9.86 Å². The van der Waals surface area contributed by atoms with Crippen LogP contribution < -0.4 is 5.73 Å². The molecule has 22 heavy (non-hydrogen) atoms. The summed E-state index contributed by atoms with van der Waals surface area (Å²) >= 11 is 7.95. The van der Waals surface area contributed by atoms with E-state index in [2.05, 4.69) is 43.4 Å². The van der Waals surface area contributed by atoms with E-state index in [1.54, 1.807) is 0 Å². The van der Waals surface area contributed by atoms with E-state index in [-0.39, 0.29) is 11.0 Å². The van der Waals surface area contributed by atoms with Gasteiger partial charge < -0.3 is 15.8 Å². The summed E-state index contributed by atoms with van der Waals surface area (Å²) in [6.07, 6.45) is 0. The van der Waals surface area contributed by atoms with E-state index in [4.69, 9.17) is 5.73 Å². The molecular weight excluding hydrogens is 364 g/mol. The third-order valence-corrected chi connectivity index (χ3v) is 3.39. The number of aromatic hydroxyl groups is 1. The number of halogens is 1. The zero-order chi connectivity index (χ0) is 15.9. The first kappa shape index (κ1) is 16.1. The molecule has 5 nitrogen and oxygen atoms in total. The maximum Gasteiger partial charge on any atom is 0.218 e. The molecule has 1 heterocycles. The Morgan fingerprint density at radius 3 is 2.23 bits per heavy atom. The average Bonchev–Trinajstić information content (AvgIpc) is 2.84. The largest absolute Gasteiger partial charge is 0.493 e. The quantitative estimate of drug-likeness (QED) is 0.426. The van der Waals surface area contributed by atoms with E-state index in [1.807, 2.05) is 54.6 Å². The van der Waals surface area contributed by atoms with Crippen LogP contribution in [0.5, 0.6) is 5.88 Å². The van der Waals surface area contributed by atoms with Gasteiger partial charge in [-0.15, -0.1) is 10.2 Å². The number of nitrogens with one attached hydrogen (secondary N) is 1. The number of azo groups is 1. The lowest BCUT2D eigenvalue weighted by atomic mass is 10.2. The van der Waals surface area contributed by atoms with Gasteiger partial charge in [0.25, 0.3) is 0 Å². The van der Waals surface area contributed by atoms with Gasteiger partial charge in [0.05, 0.1) is 5.52 Å². The fourth-order valence-electron chi connectivity index (χ4n) is 1.76. The van der Waals surface area contributed by atoms with Gasteiger partial charge in [0.1, 0.15) is 0 Å². The van der Waals surface area contributed by atoms with Crippen molar-refractivity contribution in [3.05, 3.63) is 59.1 Å². The Morgan fingerprint density at radius 1 is 1.09 bits per heavy atom. The molecule has 3 rings (SSSR count). The van der Waals surface area contributed by atoms with Crippen LogP contribution in [0.4, 0.5) is 5.69 Å². The highest BCUT2D eigenvalue weighted by molar-refractivity contribution is 9.10. The number of hydrogen-bond donors (Lipinski definition) is 3. The Morgan fingerprint density at radius 2 is 1.68 bits per heavy atom. The summed E-state index contributed by atoms with van der Waals surface area (Å²) < 4.78 is 0.804. The molecule has 0 aliphatic heterocycles. The Bertz CT molecular complexity index is 775. The van der Waals surface area contributed by atoms with Crippen molar-refractivity contribution >= 4 is 49.9 Å². The molecule has 4 N–H and O–H groups in total. The lowest BCUT2D eigenvalue weighted by Crippen LogP contribution is -2.01. The minimum absolute atomic E-state index is 0.0677. The summed E-state index contributed by atoms with van der Waals surface area (Å²) in [6.45, 7) is 0. The van der Waals surface area contributed by atoms with Gasteiger partial charge in [-0.25, -0.2) is 0 Å². The van der Waals surface area contributed by atoms with Crippen molar-refractivity contribution in [1.82, 2.24) is 4.98 Å². The Balaban J connectivity index is 0.000000246. The van der Waals surface area contributed by atoms with Crippen LogP contribution in [-0.2, 0) is 0 Å². The molecule has 0 fully saturated rings. The first-order chi connectivity index (χ1) is 10.6. The van der Waals surface area contributed by atoms with Gasteiger partial charge in [-0.05, 0) is 24.4 Å². The lowest BCUT2D eigenvalue weighted by Gasteiger charge is -1.94. The van der Waals surface area contributed by atoms with Gasteiger partial charge >= 0.3 is 0 Å². The van der Waals surface area contributed by atoms with Gasteiger partial charge in [-0.3, -0.25) is 0 Å². The van der Waals surface area contributed by atoms with Crippen LogP contribution in [0.15, 0.2) is 69.3 Å². The Hall–Kier alpha value is -2.25. The fourth-order valence-corrected chi connectivity index (χ4v) is 2.35. The van der Waals surface area contributed by atoms with Crippen LogP contribution in [0.3, 0.4) is 0 Å². The number of nitrogens with two attached hydrogens (primary N) is 1. The molecule has 3 aromatic rings. The van der Waals surface area contributed by atoms with Crippen molar-refractivity contribution in [2.24, 2.45) is 16.0 Å². The van der Waals surface area contributed by atoms with Crippen molar-refractivity contribution in [3.63, 3.8) is 0 Å². The van der Waals surface area contributed by atoms with Crippen molar-refractivity contribution in [1.29, 1.82) is 0 Å².